The molecule has 0 bridgehead atoms. The van der Waals surface area contributed by atoms with E-state index in [1.807, 2.05) is 24.3 Å². The van der Waals surface area contributed by atoms with Crippen LogP contribution in [0.2, 0.25) is 0 Å². The van der Waals surface area contributed by atoms with Crippen molar-refractivity contribution in [1.29, 1.82) is 0 Å². The van der Waals surface area contributed by atoms with Gasteiger partial charge in [-0.2, -0.15) is 0 Å². The Labute approximate surface area is 114 Å². The molecule has 0 unspecified atom stereocenters. The molecule has 4 heteroatoms. The monoisotopic (exact) mass is 264 g/mol. The van der Waals surface area contributed by atoms with Crippen LogP contribution in [0.25, 0.3) is 0 Å². The van der Waals surface area contributed by atoms with E-state index in [0.29, 0.717) is 6.61 Å². The molecule has 0 atom stereocenters. The van der Waals surface area contributed by atoms with Crippen LogP contribution in [-0.4, -0.2) is 46.1 Å². The zero-order chi connectivity index (χ0) is 13.3. The summed E-state index contributed by atoms with van der Waals surface area (Å²) in [6.07, 6.45) is 1.73. The molecular formula is C15H22NO3+. The van der Waals surface area contributed by atoms with E-state index in [1.165, 1.54) is 0 Å². The molecule has 0 aromatic heterocycles. The molecule has 4 nitrogen and oxygen atoms in total. The van der Waals surface area contributed by atoms with E-state index in [1.54, 1.807) is 11.0 Å². The Bertz CT molecular complexity index is 371. The molecular weight excluding hydrogens is 242 g/mol. The summed E-state index contributed by atoms with van der Waals surface area (Å²) in [5.74, 6) is 1.73. The minimum atomic E-state index is 0.528. The molecule has 1 fully saturated rings. The van der Waals surface area contributed by atoms with Crippen LogP contribution in [0.15, 0.2) is 36.9 Å². The van der Waals surface area contributed by atoms with Crippen molar-refractivity contribution < 1.29 is 19.1 Å². The van der Waals surface area contributed by atoms with E-state index in [0.717, 1.165) is 51.0 Å². The number of rotatable bonds is 7. The van der Waals surface area contributed by atoms with Gasteiger partial charge in [-0.25, -0.2) is 0 Å². The van der Waals surface area contributed by atoms with E-state index in [9.17, 15) is 0 Å². The number of ether oxygens (including phenoxy) is 3. The maximum atomic E-state index is 5.73. The van der Waals surface area contributed by atoms with Crippen molar-refractivity contribution in [3.63, 3.8) is 0 Å². The van der Waals surface area contributed by atoms with Crippen LogP contribution in [0.4, 0.5) is 0 Å². The summed E-state index contributed by atoms with van der Waals surface area (Å²) in [7, 11) is 0. The molecule has 104 valence electrons. The van der Waals surface area contributed by atoms with Gasteiger partial charge < -0.3 is 19.1 Å². The van der Waals surface area contributed by atoms with E-state index in [4.69, 9.17) is 14.2 Å². The molecule has 0 amide bonds. The minimum Gasteiger partial charge on any atom is -0.490 e. The van der Waals surface area contributed by atoms with Crippen LogP contribution in [0.5, 0.6) is 11.5 Å². The molecule has 1 aromatic rings. The van der Waals surface area contributed by atoms with Crippen molar-refractivity contribution in [2.24, 2.45) is 0 Å². The number of hydrogen-bond acceptors (Lipinski definition) is 3. The van der Waals surface area contributed by atoms with Crippen LogP contribution in [-0.2, 0) is 4.74 Å². The summed E-state index contributed by atoms with van der Waals surface area (Å²) >= 11 is 0. The van der Waals surface area contributed by atoms with Crippen LogP contribution >= 0.6 is 0 Å². The summed E-state index contributed by atoms with van der Waals surface area (Å²) < 4.78 is 16.5. The second kappa shape index (κ2) is 7.81. The third kappa shape index (κ3) is 4.93. The Kier molecular flexibility index (Phi) is 5.72. The van der Waals surface area contributed by atoms with Crippen LogP contribution in [0.3, 0.4) is 0 Å². The topological polar surface area (TPSA) is 32.1 Å². The average Bonchev–Trinajstić information content (AvgIpc) is 2.47. The first-order chi connectivity index (χ1) is 9.38. The van der Waals surface area contributed by atoms with Crippen molar-refractivity contribution >= 4 is 0 Å². The van der Waals surface area contributed by atoms with E-state index in [-0.39, 0.29) is 0 Å². The summed E-state index contributed by atoms with van der Waals surface area (Å²) in [5.41, 5.74) is 0. The Morgan fingerprint density at radius 2 is 1.74 bits per heavy atom. The molecule has 1 aromatic carbocycles. The number of hydrogen-bond donors (Lipinski definition) is 1. The van der Waals surface area contributed by atoms with E-state index < -0.39 is 0 Å². The lowest BCUT2D eigenvalue weighted by atomic mass is 10.3. The summed E-state index contributed by atoms with van der Waals surface area (Å²) in [4.78, 5) is 1.55. The SMILES string of the molecule is C=CCOc1ccc(OCC[NH+]2CCOCC2)cc1. The predicted octanol–water partition coefficient (Wildman–Crippen LogP) is 0.545. The smallest absolute Gasteiger partial charge is 0.137 e. The van der Waals surface area contributed by atoms with Crippen molar-refractivity contribution in [3.05, 3.63) is 36.9 Å². The molecule has 0 saturated carbocycles. The fourth-order valence-electron chi connectivity index (χ4n) is 2.01. The standard InChI is InChI=1S/C15H21NO3/c1-2-10-18-14-3-5-15(6-4-14)19-13-9-16-7-11-17-12-8-16/h2-6H,1,7-13H2/p+1. The predicted molar refractivity (Wildman–Crippen MR) is 74.0 cm³/mol. The molecule has 0 radical (unpaired) electrons. The zero-order valence-corrected chi connectivity index (χ0v) is 11.3. The van der Waals surface area contributed by atoms with Gasteiger partial charge in [0.25, 0.3) is 0 Å². The lowest BCUT2D eigenvalue weighted by Crippen LogP contribution is -3.14. The van der Waals surface area contributed by atoms with Gasteiger partial charge in [-0.05, 0) is 24.3 Å². The van der Waals surface area contributed by atoms with Crippen molar-refractivity contribution in [2.75, 3.05) is 46.1 Å². The molecule has 0 aliphatic carbocycles. The fraction of sp³-hybridized carbons (Fsp3) is 0.467. The van der Waals surface area contributed by atoms with E-state index >= 15 is 0 Å². The fourth-order valence-corrected chi connectivity index (χ4v) is 2.01. The highest BCUT2D eigenvalue weighted by Gasteiger charge is 2.13. The van der Waals surface area contributed by atoms with Gasteiger partial charge in [-0.3, -0.25) is 0 Å². The van der Waals surface area contributed by atoms with Gasteiger partial charge in [0.1, 0.15) is 44.3 Å². The normalized spacial score (nSPS) is 16.0. The number of morpholine rings is 1. The quantitative estimate of drug-likeness (QED) is 0.730. The van der Waals surface area contributed by atoms with Gasteiger partial charge in [-0.1, -0.05) is 12.7 Å². The first-order valence-electron chi connectivity index (χ1n) is 6.76. The third-order valence-corrected chi connectivity index (χ3v) is 3.12. The first kappa shape index (κ1) is 13.9. The van der Waals surface area contributed by atoms with Gasteiger partial charge in [0.05, 0.1) is 13.2 Å². The largest absolute Gasteiger partial charge is 0.490 e. The van der Waals surface area contributed by atoms with Crippen LogP contribution in [0, 0.1) is 0 Å². The summed E-state index contributed by atoms with van der Waals surface area (Å²) in [6, 6.07) is 7.71. The Morgan fingerprint density at radius 3 is 2.37 bits per heavy atom. The Hall–Kier alpha value is -1.52. The van der Waals surface area contributed by atoms with Crippen LogP contribution in [0.1, 0.15) is 0 Å². The second-order valence-corrected chi connectivity index (χ2v) is 4.53. The summed E-state index contributed by atoms with van der Waals surface area (Å²) in [5, 5.41) is 0. The first-order valence-corrected chi connectivity index (χ1v) is 6.76. The molecule has 1 aliphatic rings. The zero-order valence-electron chi connectivity index (χ0n) is 11.3. The maximum Gasteiger partial charge on any atom is 0.137 e. The maximum absolute atomic E-state index is 5.73. The second-order valence-electron chi connectivity index (χ2n) is 4.53. The third-order valence-electron chi connectivity index (χ3n) is 3.12. The van der Waals surface area contributed by atoms with Crippen molar-refractivity contribution in [1.82, 2.24) is 0 Å². The minimum absolute atomic E-state index is 0.528. The molecule has 2 rings (SSSR count). The van der Waals surface area contributed by atoms with Gasteiger partial charge in [0.2, 0.25) is 0 Å². The van der Waals surface area contributed by atoms with Gasteiger partial charge in [0.15, 0.2) is 0 Å². The highest BCUT2D eigenvalue weighted by atomic mass is 16.5. The molecule has 1 N–H and O–H groups in total. The molecule has 0 spiro atoms. The Morgan fingerprint density at radius 1 is 1.11 bits per heavy atom. The molecule has 1 aliphatic heterocycles. The Balaban J connectivity index is 1.68. The number of nitrogens with one attached hydrogen (secondary N) is 1. The molecule has 19 heavy (non-hydrogen) atoms. The highest BCUT2D eigenvalue weighted by molar-refractivity contribution is 5.31. The number of quaternary nitrogens is 1. The van der Waals surface area contributed by atoms with Crippen molar-refractivity contribution in [2.45, 2.75) is 0 Å². The summed E-state index contributed by atoms with van der Waals surface area (Å²) in [6.45, 7) is 9.80. The number of benzene rings is 1. The molecule has 1 saturated heterocycles. The van der Waals surface area contributed by atoms with Gasteiger partial charge in [0, 0.05) is 0 Å². The lowest BCUT2D eigenvalue weighted by molar-refractivity contribution is -0.908. The van der Waals surface area contributed by atoms with Gasteiger partial charge >= 0.3 is 0 Å². The lowest BCUT2D eigenvalue weighted by Gasteiger charge is -2.23. The highest BCUT2D eigenvalue weighted by Crippen LogP contribution is 2.17. The van der Waals surface area contributed by atoms with Crippen LogP contribution < -0.4 is 14.4 Å². The van der Waals surface area contributed by atoms with Crippen molar-refractivity contribution in [3.8, 4) is 11.5 Å². The van der Waals surface area contributed by atoms with Gasteiger partial charge in [-0.15, -0.1) is 0 Å². The molecule has 1 heterocycles. The van der Waals surface area contributed by atoms with E-state index in [2.05, 4.69) is 6.58 Å². The average molecular weight is 264 g/mol.